The van der Waals surface area contributed by atoms with Gasteiger partial charge in [0.25, 0.3) is 11.8 Å². The second-order valence-corrected chi connectivity index (χ2v) is 16.4. The number of oxime groups is 1. The minimum Gasteiger partial charge on any atom is -0.490 e. The van der Waals surface area contributed by atoms with Crippen LogP contribution in [0.15, 0.2) is 22.8 Å². The first-order valence-corrected chi connectivity index (χ1v) is 19.8. The molecule has 2 aromatic heterocycles. The Kier molecular flexibility index (Phi) is 16.8. The highest BCUT2D eigenvalue weighted by Gasteiger charge is 2.43. The fraction of sp³-hybridized carbons (Fsp3) is 0.605. The highest BCUT2D eigenvalue weighted by atomic mass is 32.1. The van der Waals surface area contributed by atoms with Gasteiger partial charge >= 0.3 is 18.0 Å². The Morgan fingerprint density at radius 2 is 1.53 bits per heavy atom. The summed E-state index contributed by atoms with van der Waals surface area (Å²) in [4.78, 5) is 90.8. The van der Waals surface area contributed by atoms with Crippen LogP contribution in [0.3, 0.4) is 0 Å². The number of esters is 2. The molecule has 2 aromatic rings. The SMILES string of the molecule is CCCCOc1cnc(C(=O)NCC(=O)OC[C@H]2NC(=O)[C@H]2NC(=O)/C(=N\OC(C)(C)C(=O)OC(C)(C)C)c2csc(NC(=O)OC(C)(C)C)n2)cc1OCCCC. The van der Waals surface area contributed by atoms with Gasteiger partial charge in [-0.2, -0.15) is 0 Å². The lowest BCUT2D eigenvalue weighted by Crippen LogP contribution is -2.71. The molecule has 58 heavy (non-hydrogen) atoms. The minimum atomic E-state index is -1.67. The number of pyridine rings is 1. The van der Waals surface area contributed by atoms with E-state index >= 15 is 0 Å². The smallest absolute Gasteiger partial charge is 0.413 e. The molecule has 19 nitrogen and oxygen atoms in total. The van der Waals surface area contributed by atoms with Gasteiger partial charge in [-0.1, -0.05) is 31.8 Å². The zero-order chi connectivity index (χ0) is 43.3. The molecule has 0 radical (unpaired) electrons. The molecule has 3 heterocycles. The zero-order valence-electron chi connectivity index (χ0n) is 34.7. The van der Waals surface area contributed by atoms with Crippen molar-refractivity contribution in [2.45, 2.75) is 124 Å². The summed E-state index contributed by atoms with van der Waals surface area (Å²) in [7, 11) is 0. The third-order valence-corrected chi connectivity index (χ3v) is 8.27. The number of β-lactam (4-membered cyclic amide) rings is 1. The Bertz CT molecular complexity index is 1820. The summed E-state index contributed by atoms with van der Waals surface area (Å²) in [6, 6.07) is -0.605. The average Bonchev–Trinajstić information content (AvgIpc) is 3.57. The summed E-state index contributed by atoms with van der Waals surface area (Å²) in [6.07, 6.45) is 4.09. The summed E-state index contributed by atoms with van der Waals surface area (Å²) in [5.41, 5.74) is -3.82. The molecule has 0 bridgehead atoms. The first-order chi connectivity index (χ1) is 27.1. The van der Waals surface area contributed by atoms with Crippen LogP contribution in [-0.2, 0) is 38.2 Å². The molecule has 0 spiro atoms. The fourth-order valence-corrected chi connectivity index (χ4v) is 5.17. The van der Waals surface area contributed by atoms with Gasteiger partial charge in [-0.25, -0.2) is 19.6 Å². The number of anilines is 1. The van der Waals surface area contributed by atoms with E-state index < -0.39 is 76.9 Å². The number of thiazole rings is 1. The van der Waals surface area contributed by atoms with Crippen molar-refractivity contribution in [1.82, 2.24) is 25.9 Å². The predicted octanol–water partition coefficient (Wildman–Crippen LogP) is 4.04. The number of hydrogen-bond donors (Lipinski definition) is 4. The lowest BCUT2D eigenvalue weighted by molar-refractivity contribution is -0.179. The van der Waals surface area contributed by atoms with Crippen molar-refractivity contribution in [2.75, 3.05) is 31.7 Å². The number of nitrogens with one attached hydrogen (secondary N) is 4. The first-order valence-electron chi connectivity index (χ1n) is 18.9. The number of unbranched alkanes of at least 4 members (excludes halogenated alkanes) is 2. The fourth-order valence-electron chi connectivity index (χ4n) is 4.49. The molecule has 2 atom stereocenters. The Morgan fingerprint density at radius 3 is 2.14 bits per heavy atom. The molecule has 0 saturated carbocycles. The van der Waals surface area contributed by atoms with Crippen LogP contribution in [0.1, 0.15) is 111 Å². The molecule has 4 amide bonds. The number of amides is 4. The predicted molar refractivity (Wildman–Crippen MR) is 212 cm³/mol. The van der Waals surface area contributed by atoms with E-state index in [0.717, 1.165) is 37.0 Å². The lowest BCUT2D eigenvalue weighted by atomic mass is 9.99. The highest BCUT2D eigenvalue weighted by Crippen LogP contribution is 2.28. The molecule has 1 aliphatic rings. The van der Waals surface area contributed by atoms with Crippen LogP contribution in [0, 0.1) is 0 Å². The number of carbonyl (C=O) groups is 6. The quantitative estimate of drug-likeness (QED) is 0.0368. The summed E-state index contributed by atoms with van der Waals surface area (Å²) in [6.45, 7) is 16.9. The molecule has 3 rings (SSSR count). The number of rotatable bonds is 20. The monoisotopic (exact) mass is 833 g/mol. The first kappa shape index (κ1) is 46.8. The maximum Gasteiger partial charge on any atom is 0.413 e. The van der Waals surface area contributed by atoms with Gasteiger partial charge in [-0.15, -0.1) is 11.3 Å². The number of hydrogen-bond acceptors (Lipinski definition) is 16. The molecule has 0 aromatic carbocycles. The molecule has 20 heteroatoms. The Labute approximate surface area is 341 Å². The Balaban J connectivity index is 1.67. The van der Waals surface area contributed by atoms with E-state index in [4.69, 9.17) is 28.5 Å². The van der Waals surface area contributed by atoms with Crippen molar-refractivity contribution < 1.29 is 57.3 Å². The van der Waals surface area contributed by atoms with Crippen molar-refractivity contribution in [3.05, 3.63) is 29.0 Å². The maximum atomic E-state index is 13.7. The molecule has 1 saturated heterocycles. The molecule has 0 unspecified atom stereocenters. The number of ether oxygens (including phenoxy) is 5. The lowest BCUT2D eigenvalue weighted by Gasteiger charge is -2.36. The molecule has 0 aliphatic carbocycles. The van der Waals surface area contributed by atoms with Crippen LogP contribution in [-0.4, -0.2) is 107 Å². The van der Waals surface area contributed by atoms with E-state index in [1.165, 1.54) is 31.5 Å². The van der Waals surface area contributed by atoms with Crippen molar-refractivity contribution in [3.63, 3.8) is 0 Å². The van der Waals surface area contributed by atoms with Gasteiger partial charge in [-0.05, 0) is 68.2 Å². The molecular formula is C38H55N7O12S. The third kappa shape index (κ3) is 15.1. The van der Waals surface area contributed by atoms with Crippen molar-refractivity contribution >= 4 is 57.9 Å². The molecule has 4 N–H and O–H groups in total. The molecule has 1 aliphatic heterocycles. The van der Waals surface area contributed by atoms with Crippen molar-refractivity contribution in [3.8, 4) is 11.5 Å². The number of aromatic nitrogens is 2. The van der Waals surface area contributed by atoms with Crippen LogP contribution in [0.5, 0.6) is 11.5 Å². The topological polar surface area (TPSA) is 244 Å². The second-order valence-electron chi connectivity index (χ2n) is 15.6. The van der Waals surface area contributed by atoms with Crippen LogP contribution in [0.4, 0.5) is 9.93 Å². The van der Waals surface area contributed by atoms with Crippen LogP contribution < -0.4 is 30.7 Å². The van der Waals surface area contributed by atoms with Gasteiger partial charge in [-0.3, -0.25) is 24.5 Å². The van der Waals surface area contributed by atoms with Gasteiger partial charge < -0.3 is 44.5 Å². The number of nitrogens with zero attached hydrogens (tertiary/aromatic N) is 3. The van der Waals surface area contributed by atoms with Gasteiger partial charge in [0.1, 0.15) is 41.8 Å². The van der Waals surface area contributed by atoms with E-state index in [9.17, 15) is 28.8 Å². The van der Waals surface area contributed by atoms with Gasteiger partial charge in [0.15, 0.2) is 22.3 Å². The van der Waals surface area contributed by atoms with Gasteiger partial charge in [0.05, 0.1) is 25.5 Å². The summed E-state index contributed by atoms with van der Waals surface area (Å²) >= 11 is 0.948. The van der Waals surface area contributed by atoms with E-state index in [1.807, 2.05) is 13.8 Å². The molecule has 1 fully saturated rings. The van der Waals surface area contributed by atoms with Gasteiger partial charge in [0.2, 0.25) is 11.5 Å². The van der Waals surface area contributed by atoms with E-state index in [-0.39, 0.29) is 23.1 Å². The third-order valence-electron chi connectivity index (χ3n) is 7.52. The van der Waals surface area contributed by atoms with Crippen molar-refractivity contribution in [2.24, 2.45) is 5.16 Å². The van der Waals surface area contributed by atoms with Crippen molar-refractivity contribution in [1.29, 1.82) is 0 Å². The maximum absolute atomic E-state index is 13.7. The molecular weight excluding hydrogens is 779 g/mol. The van der Waals surface area contributed by atoms with E-state index in [0.29, 0.717) is 24.7 Å². The van der Waals surface area contributed by atoms with Crippen LogP contribution in [0.2, 0.25) is 0 Å². The van der Waals surface area contributed by atoms with Crippen LogP contribution >= 0.6 is 11.3 Å². The standard InChI is InChI=1S/C38H55N7O12S/c1-11-13-15-52-25-17-22(39-18-26(25)53-16-14-12-2)30(47)40-19-27(46)54-20-23-28(31(48)41-23)43-32(49)29(45-57-38(9,10)33(50)55-36(3,4)5)24-21-58-34(42-24)44-35(51)56-37(6,7)8/h17-18,21,23,28H,11-16,19-20H2,1-10H3,(H,40,47)(H,41,48)(H,43,49)(H,42,44,51)/b45-29-/t23-,28+/m1/s1. The summed E-state index contributed by atoms with van der Waals surface area (Å²) < 4.78 is 27.5. The minimum absolute atomic E-state index is 0.0000400. The van der Waals surface area contributed by atoms with E-state index in [1.54, 1.807) is 41.5 Å². The van der Waals surface area contributed by atoms with Crippen LogP contribution in [0.25, 0.3) is 0 Å². The normalized spacial score (nSPS) is 15.6. The van der Waals surface area contributed by atoms with Gasteiger partial charge in [0, 0.05) is 11.4 Å². The second kappa shape index (κ2) is 20.8. The zero-order valence-corrected chi connectivity index (χ0v) is 35.5. The number of carbonyl (C=O) groups excluding carboxylic acids is 6. The molecule has 320 valence electrons. The summed E-state index contributed by atoms with van der Waals surface area (Å²) in [5, 5.41) is 15.4. The highest BCUT2D eigenvalue weighted by molar-refractivity contribution is 7.14. The summed E-state index contributed by atoms with van der Waals surface area (Å²) in [5.74, 6) is -3.01. The Hall–Kier alpha value is -5.53. The Morgan fingerprint density at radius 1 is 0.897 bits per heavy atom. The van der Waals surface area contributed by atoms with E-state index in [2.05, 4.69) is 36.4 Å². The largest absolute Gasteiger partial charge is 0.490 e. The average molecular weight is 834 g/mol.